The van der Waals surface area contributed by atoms with E-state index in [1.165, 1.54) is 12.8 Å². The minimum absolute atomic E-state index is 0. The molecule has 0 N–H and O–H groups in total. The normalized spacial score (nSPS) is 21.9. The van der Waals surface area contributed by atoms with Gasteiger partial charge < -0.3 is 24.8 Å². The molecule has 0 aromatic heterocycles. The van der Waals surface area contributed by atoms with Gasteiger partial charge in [0.2, 0.25) is 0 Å². The summed E-state index contributed by atoms with van der Waals surface area (Å²) < 4.78 is 11.5. The van der Waals surface area contributed by atoms with E-state index in [1.807, 2.05) is 6.56 Å². The second kappa shape index (κ2) is 9.96. The summed E-state index contributed by atoms with van der Waals surface area (Å²) in [6.45, 7) is 19.6. The molecule has 1 nitrogen and oxygen atoms in total. The maximum atomic E-state index is 7.83. The molecular weight excluding hydrogens is 499 g/mol. The summed E-state index contributed by atoms with van der Waals surface area (Å²) in [7, 11) is -4.08. The van der Waals surface area contributed by atoms with Crippen LogP contribution in [-0.4, -0.2) is 16.6 Å². The summed E-state index contributed by atoms with van der Waals surface area (Å²) in [5, 5.41) is 3.46. The third-order valence-electron chi connectivity index (χ3n) is 6.78. The molecule has 3 aliphatic rings. The van der Waals surface area contributed by atoms with Crippen LogP contribution in [0, 0.1) is 0 Å². The summed E-state index contributed by atoms with van der Waals surface area (Å²) in [5.74, 6) is 0. The SMILES string of the molecule is CC(C)[Si]1(C(C)C)O[Si](C(C)C)(C(C)C)C2=[C](CC=C2)[Zr+2][C]2=C1C=CC2.[Cl-].[Cl-]. The molecule has 0 aromatic rings. The van der Waals surface area contributed by atoms with Crippen molar-refractivity contribution in [3.63, 3.8) is 0 Å². The second-order valence-electron chi connectivity index (χ2n) is 9.43. The van der Waals surface area contributed by atoms with Crippen LogP contribution in [0.4, 0.5) is 0 Å². The minimum Gasteiger partial charge on any atom is -1.00 e. The fourth-order valence-electron chi connectivity index (χ4n) is 5.60. The van der Waals surface area contributed by atoms with E-state index in [-0.39, 0.29) is 24.8 Å². The van der Waals surface area contributed by atoms with Crippen LogP contribution in [0.1, 0.15) is 68.2 Å². The largest absolute Gasteiger partial charge is 1.00 e. The Morgan fingerprint density at radius 2 is 1.00 bits per heavy atom. The van der Waals surface area contributed by atoms with Crippen molar-refractivity contribution in [3.8, 4) is 0 Å². The fourth-order valence-corrected chi connectivity index (χ4v) is 26.2. The molecular formula is C22H36Cl2OSi2Zr. The molecule has 0 unspecified atom stereocenters. The fraction of sp³-hybridized carbons (Fsp3) is 0.636. The Morgan fingerprint density at radius 1 is 0.679 bits per heavy atom. The molecule has 1 heterocycles. The molecule has 0 saturated carbocycles. The van der Waals surface area contributed by atoms with Crippen molar-refractivity contribution in [2.75, 3.05) is 0 Å². The number of allylic oxidation sites excluding steroid dienone is 8. The predicted molar refractivity (Wildman–Crippen MR) is 115 cm³/mol. The van der Waals surface area contributed by atoms with Gasteiger partial charge in [0.15, 0.2) is 0 Å². The maximum Gasteiger partial charge on any atom is -1.00 e. The Balaban J connectivity index is 0.00000196. The van der Waals surface area contributed by atoms with E-state index in [4.69, 9.17) is 4.12 Å². The van der Waals surface area contributed by atoms with Crippen LogP contribution in [-0.2, 0) is 27.4 Å². The van der Waals surface area contributed by atoms with Gasteiger partial charge in [-0.15, -0.1) is 0 Å². The van der Waals surface area contributed by atoms with Crippen molar-refractivity contribution in [1.82, 2.24) is 0 Å². The summed E-state index contributed by atoms with van der Waals surface area (Å²) in [5.41, 5.74) is 2.52. The Kier molecular flexibility index (Phi) is 9.55. The first-order chi connectivity index (χ1) is 12.2. The molecule has 0 amide bonds. The van der Waals surface area contributed by atoms with Crippen molar-refractivity contribution >= 4 is 16.6 Å². The monoisotopic (exact) mass is 532 g/mol. The average Bonchev–Trinajstić information content (AvgIpc) is 3.16. The molecule has 0 aromatic carbocycles. The van der Waals surface area contributed by atoms with E-state index in [1.54, 1.807) is 10.4 Å². The molecule has 0 spiro atoms. The molecule has 3 rings (SSSR count). The van der Waals surface area contributed by atoms with Gasteiger partial charge in [0.1, 0.15) is 0 Å². The van der Waals surface area contributed by atoms with Gasteiger partial charge in [0, 0.05) is 0 Å². The van der Waals surface area contributed by atoms with Crippen LogP contribution >= 0.6 is 0 Å². The molecule has 0 atom stereocenters. The van der Waals surface area contributed by atoms with E-state index in [9.17, 15) is 0 Å². The number of hydrogen-bond donors (Lipinski definition) is 0. The summed E-state index contributed by atoms with van der Waals surface area (Å²) >= 11 is -0.673. The Bertz CT molecular complexity index is 631. The van der Waals surface area contributed by atoms with Crippen molar-refractivity contribution in [2.45, 2.75) is 90.4 Å². The van der Waals surface area contributed by atoms with Gasteiger partial charge in [-0.25, -0.2) is 0 Å². The van der Waals surface area contributed by atoms with Crippen LogP contribution < -0.4 is 24.8 Å². The van der Waals surface area contributed by atoms with E-state index in [0.29, 0.717) is 22.2 Å². The van der Waals surface area contributed by atoms with Crippen LogP contribution in [0.5, 0.6) is 0 Å². The Hall–Kier alpha value is 0.817. The summed E-state index contributed by atoms with van der Waals surface area (Å²) in [6, 6.07) is 0. The molecule has 156 valence electrons. The first-order valence-electron chi connectivity index (χ1n) is 10.4. The van der Waals surface area contributed by atoms with E-state index < -0.39 is 39.9 Å². The zero-order valence-corrected chi connectivity index (χ0v) is 24.7. The van der Waals surface area contributed by atoms with Crippen LogP contribution in [0.15, 0.2) is 41.3 Å². The van der Waals surface area contributed by atoms with Gasteiger partial charge in [-0.1, -0.05) is 0 Å². The number of halogens is 2. The van der Waals surface area contributed by atoms with Gasteiger partial charge in [-0.3, -0.25) is 0 Å². The van der Waals surface area contributed by atoms with E-state index in [0.717, 1.165) is 0 Å². The molecule has 0 saturated heterocycles. The molecule has 2 aliphatic carbocycles. The van der Waals surface area contributed by atoms with Gasteiger partial charge in [-0.05, 0) is 0 Å². The second-order valence-corrected chi connectivity index (χ2v) is 22.7. The van der Waals surface area contributed by atoms with Crippen molar-refractivity contribution in [2.24, 2.45) is 0 Å². The summed E-state index contributed by atoms with van der Waals surface area (Å²) in [6.07, 6.45) is 12.3. The van der Waals surface area contributed by atoms with Crippen LogP contribution in [0.2, 0.25) is 22.2 Å². The van der Waals surface area contributed by atoms with Gasteiger partial charge in [-0.2, -0.15) is 0 Å². The third-order valence-corrected chi connectivity index (χ3v) is 24.0. The zero-order chi connectivity index (χ0) is 19.3. The molecule has 0 bridgehead atoms. The number of rotatable bonds is 4. The minimum atomic E-state index is -2.04. The first kappa shape index (κ1) is 26.9. The smallest absolute Gasteiger partial charge is 1.00 e. The van der Waals surface area contributed by atoms with Crippen molar-refractivity contribution in [1.29, 1.82) is 0 Å². The zero-order valence-electron chi connectivity index (χ0n) is 18.7. The maximum absolute atomic E-state index is 7.83. The molecule has 1 aliphatic heterocycles. The van der Waals surface area contributed by atoms with Gasteiger partial charge in [0.05, 0.1) is 0 Å². The number of hydrogen-bond acceptors (Lipinski definition) is 1. The Labute approximate surface area is 199 Å². The van der Waals surface area contributed by atoms with Crippen molar-refractivity contribution in [3.05, 3.63) is 41.3 Å². The third kappa shape index (κ3) is 4.00. The standard InChI is InChI=1S/C22H36OSi2.2ClH.Zr/c1-17(2)24(18(3)4,21-13-9-10-14-21)23-25(19(5)6,20(7)8)22-15-11-12-16-22;;;/h9,11,13,15,17-20H,10,12H2,1-8H3;2*1H;/q;;;+2/p-2. The van der Waals surface area contributed by atoms with Crippen LogP contribution in [0.25, 0.3) is 0 Å². The van der Waals surface area contributed by atoms with E-state index >= 15 is 0 Å². The predicted octanol–water partition coefficient (Wildman–Crippen LogP) is 1.14. The molecule has 0 radical (unpaired) electrons. The molecule has 28 heavy (non-hydrogen) atoms. The quantitative estimate of drug-likeness (QED) is 0.492. The topological polar surface area (TPSA) is 9.23 Å². The van der Waals surface area contributed by atoms with Crippen molar-refractivity contribution < 1.29 is 52.2 Å². The average molecular weight is 535 g/mol. The summed E-state index contributed by atoms with van der Waals surface area (Å²) in [4.78, 5) is 0. The van der Waals surface area contributed by atoms with Crippen LogP contribution in [0.3, 0.4) is 0 Å². The van der Waals surface area contributed by atoms with Gasteiger partial charge in [0.25, 0.3) is 0 Å². The van der Waals surface area contributed by atoms with E-state index in [2.05, 4.69) is 79.7 Å². The first-order valence-corrected chi connectivity index (χ1v) is 17.0. The van der Waals surface area contributed by atoms with Gasteiger partial charge >= 0.3 is 176 Å². The molecule has 0 fully saturated rings. The molecule has 6 heteroatoms. The Morgan fingerprint density at radius 3 is 1.29 bits per heavy atom.